The van der Waals surface area contributed by atoms with Gasteiger partial charge in [-0.25, -0.2) is 14.5 Å². The van der Waals surface area contributed by atoms with E-state index in [1.807, 2.05) is 38.5 Å². The minimum Gasteiger partial charge on any atom is -0.369 e. The molecule has 0 bridgehead atoms. The van der Waals surface area contributed by atoms with Crippen LogP contribution in [0.5, 0.6) is 0 Å². The number of aryl methyl sites for hydroxylation is 2. The number of carbonyl (C=O) groups is 1. The van der Waals surface area contributed by atoms with Crippen LogP contribution in [-0.4, -0.2) is 80.4 Å². The molecule has 2 N–H and O–H groups in total. The fraction of sp³-hybridized carbons (Fsp3) is 0.375. The molecule has 0 radical (unpaired) electrons. The highest BCUT2D eigenvalue weighted by molar-refractivity contribution is 6.02. The van der Waals surface area contributed by atoms with Crippen LogP contribution >= 0.6 is 0 Å². The van der Waals surface area contributed by atoms with Crippen LogP contribution in [0.3, 0.4) is 0 Å². The standard InChI is InChI=1S/C24H28N10O/c1-15-19(10-32(4)29-15)21-18(22(35)31(2)3)7-17-9-27-23(30-34(17)21)28-20-6-5-16(8-26-20)33-13-24(14-33)11-25-12-24/h5-10,25H,11-14H2,1-4H3,(H,26,28,30). The molecule has 0 aliphatic carbocycles. The van der Waals surface area contributed by atoms with Gasteiger partial charge in [0.05, 0.1) is 40.5 Å². The van der Waals surface area contributed by atoms with Crippen molar-refractivity contribution in [2.24, 2.45) is 12.5 Å². The lowest BCUT2D eigenvalue weighted by Gasteiger charge is -2.57. The number of anilines is 3. The van der Waals surface area contributed by atoms with Gasteiger partial charge in [-0.15, -0.1) is 5.10 Å². The summed E-state index contributed by atoms with van der Waals surface area (Å²) in [5.74, 6) is 0.943. The molecule has 6 rings (SSSR count). The molecule has 1 amide bonds. The number of nitrogens with one attached hydrogen (secondary N) is 2. The van der Waals surface area contributed by atoms with Crippen molar-refractivity contribution in [2.45, 2.75) is 6.92 Å². The van der Waals surface area contributed by atoms with E-state index in [9.17, 15) is 4.79 Å². The molecule has 4 aromatic heterocycles. The summed E-state index contributed by atoms with van der Waals surface area (Å²) in [6, 6.07) is 5.83. The number of aromatic nitrogens is 6. The monoisotopic (exact) mass is 472 g/mol. The Hall–Kier alpha value is -3.99. The maximum absolute atomic E-state index is 13.0. The van der Waals surface area contributed by atoms with Gasteiger partial charge in [0.25, 0.3) is 5.91 Å². The molecular formula is C24H28N10O. The van der Waals surface area contributed by atoms with Gasteiger partial charge in [0.15, 0.2) is 0 Å². The summed E-state index contributed by atoms with van der Waals surface area (Å²) >= 11 is 0. The molecule has 4 aromatic rings. The highest BCUT2D eigenvalue weighted by Crippen LogP contribution is 2.37. The first-order valence-corrected chi connectivity index (χ1v) is 11.6. The number of pyridine rings is 1. The number of carbonyl (C=O) groups excluding carboxylic acids is 1. The molecule has 1 spiro atoms. The van der Waals surface area contributed by atoms with Crippen molar-refractivity contribution in [3.05, 3.63) is 48.0 Å². The average Bonchev–Trinajstić information content (AvgIpc) is 3.30. The van der Waals surface area contributed by atoms with E-state index in [1.165, 1.54) is 0 Å². The van der Waals surface area contributed by atoms with Crippen LogP contribution in [0.1, 0.15) is 16.1 Å². The van der Waals surface area contributed by atoms with Gasteiger partial charge in [-0.3, -0.25) is 9.48 Å². The van der Waals surface area contributed by atoms with Gasteiger partial charge in [0.2, 0.25) is 5.95 Å². The minimum absolute atomic E-state index is 0.106. The number of rotatable bonds is 5. The average molecular weight is 473 g/mol. The van der Waals surface area contributed by atoms with E-state index in [1.54, 1.807) is 34.4 Å². The van der Waals surface area contributed by atoms with Gasteiger partial charge < -0.3 is 20.4 Å². The lowest BCUT2D eigenvalue weighted by molar-refractivity contribution is 0.0828. The van der Waals surface area contributed by atoms with E-state index in [-0.39, 0.29) is 5.91 Å². The molecule has 6 heterocycles. The molecule has 11 heteroatoms. The predicted octanol–water partition coefficient (Wildman–Crippen LogP) is 1.69. The SMILES string of the molecule is Cc1nn(C)cc1-c1c(C(=O)N(C)C)cc2cnc(Nc3ccc(N4CC5(CNC5)C4)cn3)nn12. The van der Waals surface area contributed by atoms with Crippen LogP contribution in [0, 0.1) is 12.3 Å². The molecule has 2 aliphatic heterocycles. The van der Waals surface area contributed by atoms with Crippen molar-refractivity contribution in [1.82, 2.24) is 39.6 Å². The lowest BCUT2D eigenvalue weighted by Crippen LogP contribution is -2.71. The van der Waals surface area contributed by atoms with Crippen molar-refractivity contribution in [3.8, 4) is 11.3 Å². The number of amides is 1. The molecule has 11 nitrogen and oxygen atoms in total. The summed E-state index contributed by atoms with van der Waals surface area (Å²) in [5.41, 5.74) is 5.21. The normalized spacial score (nSPS) is 16.3. The highest BCUT2D eigenvalue weighted by atomic mass is 16.2. The quantitative estimate of drug-likeness (QED) is 0.452. The summed E-state index contributed by atoms with van der Waals surface area (Å²) in [6.07, 6.45) is 5.49. The first-order valence-electron chi connectivity index (χ1n) is 11.6. The first kappa shape index (κ1) is 21.5. The van der Waals surface area contributed by atoms with Crippen LogP contribution in [-0.2, 0) is 7.05 Å². The summed E-state index contributed by atoms with van der Waals surface area (Å²) in [5, 5.41) is 15.7. The fourth-order valence-electron chi connectivity index (χ4n) is 4.93. The Morgan fingerprint density at radius 1 is 1.14 bits per heavy atom. The Balaban J connectivity index is 1.31. The summed E-state index contributed by atoms with van der Waals surface area (Å²) < 4.78 is 3.48. The minimum atomic E-state index is -0.106. The summed E-state index contributed by atoms with van der Waals surface area (Å²) in [4.78, 5) is 25.9. The van der Waals surface area contributed by atoms with E-state index in [4.69, 9.17) is 5.10 Å². The molecular weight excluding hydrogens is 444 g/mol. The first-order chi connectivity index (χ1) is 16.8. The second-order valence-corrected chi connectivity index (χ2v) is 9.81. The second kappa shape index (κ2) is 7.77. The Labute approximate surface area is 202 Å². The van der Waals surface area contributed by atoms with Crippen molar-refractivity contribution in [1.29, 1.82) is 0 Å². The Morgan fingerprint density at radius 3 is 2.54 bits per heavy atom. The topological polar surface area (TPSA) is 109 Å². The molecule has 2 fully saturated rings. The van der Waals surface area contributed by atoms with E-state index in [2.05, 4.69) is 36.7 Å². The van der Waals surface area contributed by atoms with Gasteiger partial charge in [-0.1, -0.05) is 0 Å². The van der Waals surface area contributed by atoms with Gasteiger partial charge >= 0.3 is 0 Å². The van der Waals surface area contributed by atoms with E-state index < -0.39 is 0 Å². The van der Waals surface area contributed by atoms with Crippen molar-refractivity contribution in [2.75, 3.05) is 50.5 Å². The van der Waals surface area contributed by atoms with Crippen LogP contribution < -0.4 is 15.5 Å². The molecule has 2 aliphatic rings. The number of hydrogen-bond acceptors (Lipinski definition) is 8. The molecule has 0 saturated carbocycles. The Kier molecular flexibility index (Phi) is 4.78. The summed E-state index contributed by atoms with van der Waals surface area (Å²) in [7, 11) is 5.34. The number of fused-ring (bicyclic) bond motifs is 1. The third-order valence-electron chi connectivity index (χ3n) is 6.83. The van der Waals surface area contributed by atoms with Gasteiger partial charge in [0, 0.05) is 64.5 Å². The largest absolute Gasteiger partial charge is 0.369 e. The van der Waals surface area contributed by atoms with Crippen LogP contribution in [0.15, 0.2) is 36.8 Å². The third kappa shape index (κ3) is 3.59. The van der Waals surface area contributed by atoms with Gasteiger partial charge in [-0.2, -0.15) is 5.10 Å². The molecule has 35 heavy (non-hydrogen) atoms. The zero-order valence-electron chi connectivity index (χ0n) is 20.3. The van der Waals surface area contributed by atoms with Gasteiger partial charge in [0.1, 0.15) is 5.82 Å². The smallest absolute Gasteiger partial charge is 0.255 e. The van der Waals surface area contributed by atoms with Crippen LogP contribution in [0.2, 0.25) is 0 Å². The van der Waals surface area contributed by atoms with E-state index in [0.29, 0.717) is 28.4 Å². The van der Waals surface area contributed by atoms with E-state index in [0.717, 1.165) is 48.6 Å². The molecule has 0 atom stereocenters. The predicted molar refractivity (Wildman–Crippen MR) is 133 cm³/mol. The van der Waals surface area contributed by atoms with Gasteiger partial charge in [-0.05, 0) is 25.1 Å². The van der Waals surface area contributed by atoms with Crippen molar-refractivity contribution in [3.63, 3.8) is 0 Å². The Bertz CT molecular complexity index is 1420. The second-order valence-electron chi connectivity index (χ2n) is 9.81. The maximum atomic E-state index is 13.0. The molecule has 180 valence electrons. The molecule has 0 unspecified atom stereocenters. The van der Waals surface area contributed by atoms with Crippen molar-refractivity contribution >= 4 is 28.9 Å². The number of hydrogen-bond donors (Lipinski definition) is 2. The fourth-order valence-corrected chi connectivity index (χ4v) is 4.93. The van der Waals surface area contributed by atoms with Crippen molar-refractivity contribution < 1.29 is 4.79 Å². The van der Waals surface area contributed by atoms with Crippen LogP contribution in [0.25, 0.3) is 16.8 Å². The zero-order valence-corrected chi connectivity index (χ0v) is 20.3. The third-order valence-corrected chi connectivity index (χ3v) is 6.83. The maximum Gasteiger partial charge on any atom is 0.255 e. The molecule has 0 aromatic carbocycles. The van der Waals surface area contributed by atoms with E-state index >= 15 is 0 Å². The lowest BCUT2D eigenvalue weighted by atomic mass is 9.74. The van der Waals surface area contributed by atoms with Crippen LogP contribution in [0.4, 0.5) is 17.5 Å². The zero-order chi connectivity index (χ0) is 24.3. The number of nitrogens with zero attached hydrogens (tertiary/aromatic N) is 8. The summed E-state index contributed by atoms with van der Waals surface area (Å²) in [6.45, 7) is 6.29. The Morgan fingerprint density at radius 2 is 1.94 bits per heavy atom. The molecule has 2 saturated heterocycles. The highest BCUT2D eigenvalue weighted by Gasteiger charge is 2.47.